The molecule has 3 aliphatic rings. The van der Waals surface area contributed by atoms with Gasteiger partial charge in [-0.2, -0.15) is 0 Å². The lowest BCUT2D eigenvalue weighted by atomic mass is 9.76. The quantitative estimate of drug-likeness (QED) is 0.784. The summed E-state index contributed by atoms with van der Waals surface area (Å²) in [5.41, 5.74) is 0.370. The molecule has 0 radical (unpaired) electrons. The molecule has 0 bridgehead atoms. The van der Waals surface area contributed by atoms with Gasteiger partial charge in [0.15, 0.2) is 0 Å². The Morgan fingerprint density at radius 1 is 1.17 bits per heavy atom. The lowest BCUT2D eigenvalue weighted by Crippen LogP contribution is -2.48. The lowest BCUT2D eigenvalue weighted by Gasteiger charge is -2.40. The van der Waals surface area contributed by atoms with Crippen molar-refractivity contribution >= 4 is 5.91 Å². The number of carbonyl (C=O) groups is 1. The van der Waals surface area contributed by atoms with E-state index in [0.717, 1.165) is 32.0 Å². The number of morpholine rings is 1. The third-order valence-electron chi connectivity index (χ3n) is 5.89. The minimum Gasteiger partial charge on any atom is -0.378 e. The molecule has 1 amide bonds. The number of hydrogen-bond donors (Lipinski definition) is 0. The summed E-state index contributed by atoms with van der Waals surface area (Å²) in [6.45, 7) is 12.2. The number of hydrogen-bond acceptors (Lipinski definition) is 4. The van der Waals surface area contributed by atoms with Gasteiger partial charge in [-0.15, -0.1) is 0 Å². The summed E-state index contributed by atoms with van der Waals surface area (Å²) in [7, 11) is 2.14. The van der Waals surface area contributed by atoms with Crippen molar-refractivity contribution < 1.29 is 9.53 Å². The van der Waals surface area contributed by atoms with Crippen molar-refractivity contribution in [2.45, 2.75) is 39.2 Å². The first kappa shape index (κ1) is 17.2. The molecule has 5 nitrogen and oxygen atoms in total. The molecule has 0 N–H and O–H groups in total. The van der Waals surface area contributed by atoms with E-state index in [1.165, 1.54) is 32.5 Å². The molecule has 0 aliphatic carbocycles. The molecular weight excluding hydrogens is 290 g/mol. The Kier molecular flexibility index (Phi) is 5.29. The fourth-order valence-electron chi connectivity index (χ4n) is 4.63. The summed E-state index contributed by atoms with van der Waals surface area (Å²) in [5.74, 6) is 1.07. The largest absolute Gasteiger partial charge is 0.378 e. The summed E-state index contributed by atoms with van der Waals surface area (Å²) < 4.78 is 5.38. The first-order valence-corrected chi connectivity index (χ1v) is 9.28. The number of likely N-dealkylation sites (tertiary alicyclic amines) is 2. The zero-order valence-corrected chi connectivity index (χ0v) is 15.1. The Balaban J connectivity index is 1.57. The molecule has 1 unspecified atom stereocenters. The zero-order valence-electron chi connectivity index (χ0n) is 15.1. The highest BCUT2D eigenvalue weighted by Gasteiger charge is 2.47. The topological polar surface area (TPSA) is 36.0 Å². The van der Waals surface area contributed by atoms with E-state index in [1.54, 1.807) is 0 Å². The molecule has 0 aromatic heterocycles. The Labute approximate surface area is 140 Å². The molecule has 3 aliphatic heterocycles. The van der Waals surface area contributed by atoms with E-state index >= 15 is 0 Å². The second kappa shape index (κ2) is 7.08. The van der Waals surface area contributed by atoms with Gasteiger partial charge < -0.3 is 14.5 Å². The molecule has 0 saturated carbocycles. The molecule has 0 aromatic carbocycles. The lowest BCUT2D eigenvalue weighted by molar-refractivity contribution is -0.139. The maximum absolute atomic E-state index is 12.9. The number of nitrogens with zero attached hydrogens (tertiary/aromatic N) is 3. The van der Waals surface area contributed by atoms with Crippen molar-refractivity contribution in [1.29, 1.82) is 0 Å². The van der Waals surface area contributed by atoms with E-state index in [1.807, 2.05) is 4.90 Å². The Hall–Kier alpha value is -0.650. The van der Waals surface area contributed by atoms with E-state index in [0.29, 0.717) is 24.5 Å². The number of ether oxygens (including phenoxy) is 1. The predicted octanol–water partition coefficient (Wildman–Crippen LogP) is 1.29. The monoisotopic (exact) mass is 323 g/mol. The van der Waals surface area contributed by atoms with Gasteiger partial charge in [0, 0.05) is 26.2 Å². The first-order valence-electron chi connectivity index (χ1n) is 9.28. The van der Waals surface area contributed by atoms with Gasteiger partial charge in [0.05, 0.1) is 19.3 Å². The van der Waals surface area contributed by atoms with Crippen molar-refractivity contribution in [2.75, 3.05) is 59.5 Å². The maximum atomic E-state index is 12.9. The smallest absolute Gasteiger partial charge is 0.240 e. The van der Waals surface area contributed by atoms with Crippen LogP contribution < -0.4 is 0 Å². The van der Waals surface area contributed by atoms with Crippen molar-refractivity contribution in [1.82, 2.24) is 14.7 Å². The van der Waals surface area contributed by atoms with Crippen molar-refractivity contribution in [3.8, 4) is 0 Å². The molecule has 23 heavy (non-hydrogen) atoms. The van der Waals surface area contributed by atoms with Crippen LogP contribution in [0.25, 0.3) is 0 Å². The third kappa shape index (κ3) is 3.89. The van der Waals surface area contributed by atoms with Crippen LogP contribution in [0.4, 0.5) is 0 Å². The van der Waals surface area contributed by atoms with Crippen LogP contribution >= 0.6 is 0 Å². The van der Waals surface area contributed by atoms with Gasteiger partial charge in [-0.25, -0.2) is 0 Å². The molecule has 3 saturated heterocycles. The fourth-order valence-corrected chi connectivity index (χ4v) is 4.63. The van der Waals surface area contributed by atoms with Crippen LogP contribution in [0.5, 0.6) is 0 Å². The second-order valence-electron chi connectivity index (χ2n) is 8.27. The van der Waals surface area contributed by atoms with Crippen molar-refractivity contribution in [3.63, 3.8) is 0 Å². The normalized spacial score (nSPS) is 29.6. The van der Waals surface area contributed by atoms with Gasteiger partial charge in [-0.05, 0) is 50.7 Å². The van der Waals surface area contributed by atoms with E-state index in [-0.39, 0.29) is 6.04 Å². The van der Waals surface area contributed by atoms with Gasteiger partial charge in [-0.1, -0.05) is 13.8 Å². The van der Waals surface area contributed by atoms with Gasteiger partial charge in [0.2, 0.25) is 5.91 Å². The van der Waals surface area contributed by atoms with Gasteiger partial charge >= 0.3 is 0 Å². The average Bonchev–Trinajstić information content (AvgIpc) is 2.86. The van der Waals surface area contributed by atoms with E-state index in [9.17, 15) is 4.79 Å². The summed E-state index contributed by atoms with van der Waals surface area (Å²) in [5, 5.41) is 0. The minimum atomic E-state index is 0.0877. The van der Waals surface area contributed by atoms with E-state index < -0.39 is 0 Å². The molecule has 1 spiro atoms. The van der Waals surface area contributed by atoms with Crippen LogP contribution in [0.1, 0.15) is 33.1 Å². The highest BCUT2D eigenvalue weighted by Crippen LogP contribution is 2.43. The molecule has 3 fully saturated rings. The Morgan fingerprint density at radius 3 is 2.43 bits per heavy atom. The Morgan fingerprint density at radius 2 is 1.83 bits per heavy atom. The van der Waals surface area contributed by atoms with Crippen molar-refractivity contribution in [2.24, 2.45) is 11.3 Å². The van der Waals surface area contributed by atoms with Crippen LogP contribution in [0, 0.1) is 11.3 Å². The van der Waals surface area contributed by atoms with Crippen LogP contribution in [0.2, 0.25) is 0 Å². The molecule has 0 aromatic rings. The average molecular weight is 323 g/mol. The van der Waals surface area contributed by atoms with Gasteiger partial charge in [-0.3, -0.25) is 9.69 Å². The third-order valence-corrected chi connectivity index (χ3v) is 5.89. The zero-order chi connectivity index (χ0) is 16.4. The number of carbonyl (C=O) groups excluding carboxylic acids is 1. The summed E-state index contributed by atoms with van der Waals surface area (Å²) in [6.07, 6.45) is 3.54. The van der Waals surface area contributed by atoms with Crippen LogP contribution in [0.3, 0.4) is 0 Å². The number of amides is 1. The molecular formula is C18H33N3O2. The summed E-state index contributed by atoms with van der Waals surface area (Å²) >= 11 is 0. The van der Waals surface area contributed by atoms with Crippen LogP contribution in [-0.4, -0.2) is 86.2 Å². The molecule has 3 heterocycles. The maximum Gasteiger partial charge on any atom is 0.240 e. The van der Waals surface area contributed by atoms with Gasteiger partial charge in [0.25, 0.3) is 0 Å². The summed E-state index contributed by atoms with van der Waals surface area (Å²) in [6, 6.07) is 0.0877. The molecule has 5 heteroatoms. The second-order valence-corrected chi connectivity index (χ2v) is 8.27. The molecule has 1 atom stereocenters. The number of piperidine rings is 1. The van der Waals surface area contributed by atoms with Crippen LogP contribution in [-0.2, 0) is 9.53 Å². The van der Waals surface area contributed by atoms with E-state index in [2.05, 4.69) is 30.7 Å². The van der Waals surface area contributed by atoms with Crippen molar-refractivity contribution in [3.05, 3.63) is 0 Å². The predicted molar refractivity (Wildman–Crippen MR) is 91.4 cm³/mol. The van der Waals surface area contributed by atoms with Crippen LogP contribution in [0.15, 0.2) is 0 Å². The minimum absolute atomic E-state index is 0.0877. The molecule has 3 rings (SSSR count). The highest BCUT2D eigenvalue weighted by molar-refractivity contribution is 5.82. The SMILES string of the molecule is CC(C)CN1CCC2(CC1)CC(C(=O)N1CCOCC1)N(C)C2. The Bertz CT molecular complexity index is 412. The number of likely N-dealkylation sites (N-methyl/N-ethyl adjacent to an activating group) is 1. The highest BCUT2D eigenvalue weighted by atomic mass is 16.5. The van der Waals surface area contributed by atoms with E-state index in [4.69, 9.17) is 4.74 Å². The summed E-state index contributed by atoms with van der Waals surface area (Å²) in [4.78, 5) is 19.8. The molecule has 132 valence electrons. The number of rotatable bonds is 3. The van der Waals surface area contributed by atoms with Gasteiger partial charge in [0.1, 0.15) is 0 Å². The fraction of sp³-hybridized carbons (Fsp3) is 0.944. The standard InChI is InChI=1S/C18H33N3O2/c1-15(2)13-20-6-4-18(5-7-20)12-16(19(3)14-18)17(22)21-8-10-23-11-9-21/h15-16H,4-14H2,1-3H3. The first-order chi connectivity index (χ1) is 11.0.